The van der Waals surface area contributed by atoms with E-state index in [0.717, 1.165) is 5.56 Å². The second kappa shape index (κ2) is 9.46. The number of benzene rings is 2. The number of hydrogen-bond donors (Lipinski definition) is 0. The number of ether oxygens (including phenoxy) is 3. The van der Waals surface area contributed by atoms with Gasteiger partial charge in [-0.3, -0.25) is 4.79 Å². The van der Waals surface area contributed by atoms with Crippen molar-refractivity contribution >= 4 is 12.0 Å². The molecule has 1 amide bonds. The van der Waals surface area contributed by atoms with Crippen LogP contribution < -0.4 is 14.2 Å². The molecule has 0 atom stereocenters. The summed E-state index contributed by atoms with van der Waals surface area (Å²) in [4.78, 5) is 13.7. The SMILES string of the molecule is COc1ccc(/C=C/C(=O)N(C)CCOc2ccc(F)cc2)cc1OC. The molecular weight excluding hydrogens is 337 g/mol. The smallest absolute Gasteiger partial charge is 0.246 e. The average Bonchev–Trinajstić information content (AvgIpc) is 2.67. The molecule has 2 aromatic rings. The van der Waals surface area contributed by atoms with Gasteiger partial charge in [-0.1, -0.05) is 6.07 Å². The van der Waals surface area contributed by atoms with Gasteiger partial charge in [-0.05, 0) is 48.0 Å². The van der Waals surface area contributed by atoms with E-state index in [0.29, 0.717) is 30.4 Å². The number of carbonyl (C=O) groups excluding carboxylic acids is 1. The predicted octanol–water partition coefficient (Wildman–Crippen LogP) is 3.39. The Bertz CT molecular complexity index is 759. The Kier molecular flexibility index (Phi) is 7.02. The second-order valence-corrected chi connectivity index (χ2v) is 5.51. The van der Waals surface area contributed by atoms with Gasteiger partial charge < -0.3 is 19.1 Å². The van der Waals surface area contributed by atoms with Gasteiger partial charge in [-0.2, -0.15) is 0 Å². The fraction of sp³-hybridized carbons (Fsp3) is 0.250. The Balaban J connectivity index is 1.86. The van der Waals surface area contributed by atoms with Crippen LogP contribution in [0, 0.1) is 5.82 Å². The maximum absolute atomic E-state index is 12.8. The van der Waals surface area contributed by atoms with E-state index in [-0.39, 0.29) is 11.7 Å². The zero-order valence-corrected chi connectivity index (χ0v) is 15.1. The van der Waals surface area contributed by atoms with Gasteiger partial charge in [-0.25, -0.2) is 4.39 Å². The van der Waals surface area contributed by atoms with Crippen LogP contribution in [0.25, 0.3) is 6.08 Å². The lowest BCUT2D eigenvalue weighted by Gasteiger charge is -2.15. The van der Waals surface area contributed by atoms with Crippen LogP contribution in [0.1, 0.15) is 5.56 Å². The Labute approximate surface area is 152 Å². The molecule has 0 aliphatic heterocycles. The first-order valence-corrected chi connectivity index (χ1v) is 8.07. The number of amides is 1. The third-order valence-corrected chi connectivity index (χ3v) is 3.71. The minimum Gasteiger partial charge on any atom is -0.493 e. The number of likely N-dealkylation sites (N-methyl/N-ethyl adjacent to an activating group) is 1. The van der Waals surface area contributed by atoms with Crippen LogP contribution in [0.4, 0.5) is 4.39 Å². The fourth-order valence-electron chi connectivity index (χ4n) is 2.19. The van der Waals surface area contributed by atoms with Gasteiger partial charge in [0.2, 0.25) is 5.91 Å². The minimum atomic E-state index is -0.315. The summed E-state index contributed by atoms with van der Waals surface area (Å²) in [5.74, 6) is 1.33. The summed E-state index contributed by atoms with van der Waals surface area (Å²) in [6.07, 6.45) is 3.20. The quantitative estimate of drug-likeness (QED) is 0.678. The number of methoxy groups -OCH3 is 2. The van der Waals surface area contributed by atoms with E-state index in [1.165, 1.54) is 18.2 Å². The summed E-state index contributed by atoms with van der Waals surface area (Å²) in [6.45, 7) is 0.727. The van der Waals surface area contributed by atoms with Crippen molar-refractivity contribution in [2.24, 2.45) is 0 Å². The second-order valence-electron chi connectivity index (χ2n) is 5.51. The maximum Gasteiger partial charge on any atom is 0.246 e. The highest BCUT2D eigenvalue weighted by atomic mass is 19.1. The van der Waals surface area contributed by atoms with Crippen molar-refractivity contribution in [3.8, 4) is 17.2 Å². The van der Waals surface area contributed by atoms with Gasteiger partial charge >= 0.3 is 0 Å². The maximum atomic E-state index is 12.8. The van der Waals surface area contributed by atoms with Crippen molar-refractivity contribution in [2.45, 2.75) is 0 Å². The molecule has 26 heavy (non-hydrogen) atoms. The van der Waals surface area contributed by atoms with E-state index in [1.807, 2.05) is 6.07 Å². The molecule has 0 unspecified atom stereocenters. The van der Waals surface area contributed by atoms with Crippen LogP contribution in [-0.2, 0) is 4.79 Å². The van der Waals surface area contributed by atoms with Crippen molar-refractivity contribution in [1.82, 2.24) is 4.90 Å². The summed E-state index contributed by atoms with van der Waals surface area (Å²) in [6, 6.07) is 11.2. The summed E-state index contributed by atoms with van der Waals surface area (Å²) >= 11 is 0. The number of halogens is 1. The largest absolute Gasteiger partial charge is 0.493 e. The number of rotatable bonds is 8. The van der Waals surface area contributed by atoms with E-state index in [4.69, 9.17) is 14.2 Å². The summed E-state index contributed by atoms with van der Waals surface area (Å²) < 4.78 is 28.7. The first-order valence-electron chi connectivity index (χ1n) is 8.07. The average molecular weight is 359 g/mol. The molecule has 2 aromatic carbocycles. The molecule has 0 bridgehead atoms. The van der Waals surface area contributed by atoms with Crippen LogP contribution in [-0.4, -0.2) is 45.2 Å². The first-order chi connectivity index (χ1) is 12.5. The van der Waals surface area contributed by atoms with E-state index < -0.39 is 0 Å². The topological polar surface area (TPSA) is 48.0 Å². The lowest BCUT2D eigenvalue weighted by atomic mass is 10.2. The Morgan fingerprint density at radius 1 is 1.08 bits per heavy atom. The third kappa shape index (κ3) is 5.51. The summed E-state index contributed by atoms with van der Waals surface area (Å²) in [7, 11) is 4.82. The molecule has 0 fully saturated rings. The molecule has 0 aliphatic carbocycles. The summed E-state index contributed by atoms with van der Waals surface area (Å²) in [5.41, 5.74) is 0.826. The van der Waals surface area contributed by atoms with Crippen molar-refractivity contribution in [3.05, 3.63) is 59.9 Å². The number of nitrogens with zero attached hydrogens (tertiary/aromatic N) is 1. The van der Waals surface area contributed by atoms with E-state index in [1.54, 1.807) is 56.5 Å². The Hall–Kier alpha value is -3.02. The predicted molar refractivity (Wildman–Crippen MR) is 98.1 cm³/mol. The lowest BCUT2D eigenvalue weighted by Crippen LogP contribution is -2.29. The monoisotopic (exact) mass is 359 g/mol. The molecule has 5 nitrogen and oxygen atoms in total. The van der Waals surface area contributed by atoms with Crippen LogP contribution in [0.3, 0.4) is 0 Å². The molecule has 6 heteroatoms. The van der Waals surface area contributed by atoms with Crippen LogP contribution in [0.15, 0.2) is 48.5 Å². The highest BCUT2D eigenvalue weighted by molar-refractivity contribution is 5.91. The van der Waals surface area contributed by atoms with Crippen LogP contribution in [0.5, 0.6) is 17.2 Å². The lowest BCUT2D eigenvalue weighted by molar-refractivity contribution is -0.125. The molecule has 138 valence electrons. The molecule has 0 heterocycles. The van der Waals surface area contributed by atoms with Crippen LogP contribution in [0.2, 0.25) is 0 Å². The fourth-order valence-corrected chi connectivity index (χ4v) is 2.19. The minimum absolute atomic E-state index is 0.150. The van der Waals surface area contributed by atoms with Crippen molar-refractivity contribution in [2.75, 3.05) is 34.4 Å². The van der Waals surface area contributed by atoms with Gasteiger partial charge in [0.15, 0.2) is 11.5 Å². The van der Waals surface area contributed by atoms with E-state index in [2.05, 4.69) is 0 Å². The molecule has 0 radical (unpaired) electrons. The molecule has 0 aromatic heterocycles. The van der Waals surface area contributed by atoms with Gasteiger partial charge in [0.1, 0.15) is 18.2 Å². The highest BCUT2D eigenvalue weighted by Crippen LogP contribution is 2.27. The standard InChI is InChI=1S/C20H22FNO4/c1-22(12-13-26-17-8-6-16(21)7-9-17)20(23)11-5-15-4-10-18(24-2)19(14-15)25-3/h4-11,14H,12-13H2,1-3H3/b11-5+. The molecule has 2 rings (SSSR count). The van der Waals surface area contributed by atoms with Gasteiger partial charge in [0, 0.05) is 13.1 Å². The highest BCUT2D eigenvalue weighted by Gasteiger charge is 2.06. The van der Waals surface area contributed by atoms with Gasteiger partial charge in [0.05, 0.1) is 20.8 Å². The zero-order chi connectivity index (χ0) is 18.9. The van der Waals surface area contributed by atoms with Crippen molar-refractivity contribution in [3.63, 3.8) is 0 Å². The van der Waals surface area contributed by atoms with Crippen LogP contribution >= 0.6 is 0 Å². The normalized spacial score (nSPS) is 10.6. The third-order valence-electron chi connectivity index (χ3n) is 3.71. The van der Waals surface area contributed by atoms with Gasteiger partial charge in [-0.15, -0.1) is 0 Å². The van der Waals surface area contributed by atoms with E-state index >= 15 is 0 Å². The molecule has 0 saturated heterocycles. The summed E-state index contributed by atoms with van der Waals surface area (Å²) in [5, 5.41) is 0. The van der Waals surface area contributed by atoms with Crippen molar-refractivity contribution in [1.29, 1.82) is 0 Å². The van der Waals surface area contributed by atoms with Crippen molar-refractivity contribution < 1.29 is 23.4 Å². The number of carbonyl (C=O) groups is 1. The van der Waals surface area contributed by atoms with E-state index in [9.17, 15) is 9.18 Å². The molecule has 0 saturated carbocycles. The molecule has 0 N–H and O–H groups in total. The molecule has 0 spiro atoms. The number of hydrogen-bond acceptors (Lipinski definition) is 4. The zero-order valence-electron chi connectivity index (χ0n) is 15.1. The Morgan fingerprint density at radius 3 is 2.42 bits per heavy atom. The molecule has 0 aliphatic rings. The van der Waals surface area contributed by atoms with Gasteiger partial charge in [0.25, 0.3) is 0 Å². The Morgan fingerprint density at radius 2 is 1.77 bits per heavy atom. The first kappa shape index (κ1) is 19.3. The molecular formula is C20H22FNO4.